The first kappa shape index (κ1) is 9.98. The van der Waals surface area contributed by atoms with Gasteiger partial charge in [-0.25, -0.2) is 0 Å². The summed E-state index contributed by atoms with van der Waals surface area (Å²) in [5, 5.41) is 21.2. The molecule has 1 aromatic carbocycles. The third-order valence-electron chi connectivity index (χ3n) is 2.85. The standard InChI is InChI=1S/C11H13NO3/c13-8-3-1-7(2-4-8)9-5-12-6-10(9)11(14)15/h1-4,9-10,12-13H,5-6H2,(H,14,15)/t9-,10-/m0/s1. The maximum absolute atomic E-state index is 11.0. The lowest BCUT2D eigenvalue weighted by Gasteiger charge is -2.14. The van der Waals surface area contributed by atoms with E-state index < -0.39 is 5.97 Å². The fourth-order valence-electron chi connectivity index (χ4n) is 2.01. The second kappa shape index (κ2) is 3.90. The van der Waals surface area contributed by atoms with Gasteiger partial charge in [-0.2, -0.15) is 0 Å². The maximum Gasteiger partial charge on any atom is 0.308 e. The predicted molar refractivity (Wildman–Crippen MR) is 54.8 cm³/mol. The Labute approximate surface area is 87.6 Å². The summed E-state index contributed by atoms with van der Waals surface area (Å²) in [6.45, 7) is 1.20. The van der Waals surface area contributed by atoms with Gasteiger partial charge in [0.2, 0.25) is 0 Å². The van der Waals surface area contributed by atoms with Crippen LogP contribution in [-0.2, 0) is 4.79 Å². The van der Waals surface area contributed by atoms with Gasteiger partial charge in [0, 0.05) is 19.0 Å². The molecular weight excluding hydrogens is 194 g/mol. The van der Waals surface area contributed by atoms with E-state index in [1.165, 1.54) is 0 Å². The summed E-state index contributed by atoms with van der Waals surface area (Å²) in [6.07, 6.45) is 0. The molecule has 1 aliphatic rings. The van der Waals surface area contributed by atoms with Crippen molar-refractivity contribution in [2.75, 3.05) is 13.1 Å². The van der Waals surface area contributed by atoms with E-state index in [9.17, 15) is 4.79 Å². The summed E-state index contributed by atoms with van der Waals surface area (Å²) in [7, 11) is 0. The van der Waals surface area contributed by atoms with Crippen LogP contribution in [0.2, 0.25) is 0 Å². The smallest absolute Gasteiger partial charge is 0.308 e. The number of phenols is 1. The van der Waals surface area contributed by atoms with E-state index in [0.29, 0.717) is 13.1 Å². The highest BCUT2D eigenvalue weighted by Gasteiger charge is 2.33. The van der Waals surface area contributed by atoms with E-state index in [2.05, 4.69) is 5.32 Å². The molecule has 2 atom stereocenters. The molecule has 1 fully saturated rings. The topological polar surface area (TPSA) is 69.6 Å². The number of hydrogen-bond acceptors (Lipinski definition) is 3. The van der Waals surface area contributed by atoms with Crippen LogP contribution >= 0.6 is 0 Å². The molecule has 0 radical (unpaired) electrons. The average Bonchev–Trinajstić information content (AvgIpc) is 2.67. The molecule has 80 valence electrons. The van der Waals surface area contributed by atoms with Crippen LogP contribution in [0.4, 0.5) is 0 Å². The lowest BCUT2D eigenvalue weighted by Crippen LogP contribution is -2.20. The summed E-state index contributed by atoms with van der Waals surface area (Å²) < 4.78 is 0. The van der Waals surface area contributed by atoms with E-state index >= 15 is 0 Å². The number of rotatable bonds is 2. The molecule has 2 rings (SSSR count). The quantitative estimate of drug-likeness (QED) is 0.670. The lowest BCUT2D eigenvalue weighted by atomic mass is 9.89. The Kier molecular flexibility index (Phi) is 2.60. The van der Waals surface area contributed by atoms with Crippen LogP contribution in [0.5, 0.6) is 5.75 Å². The SMILES string of the molecule is O=C(O)[C@H]1CNC[C@H]1c1ccc(O)cc1. The molecule has 0 aromatic heterocycles. The third kappa shape index (κ3) is 1.94. The van der Waals surface area contributed by atoms with Crippen molar-refractivity contribution >= 4 is 5.97 Å². The van der Waals surface area contributed by atoms with Crippen LogP contribution < -0.4 is 5.32 Å². The van der Waals surface area contributed by atoms with Gasteiger partial charge in [-0.15, -0.1) is 0 Å². The van der Waals surface area contributed by atoms with Crippen molar-refractivity contribution in [3.8, 4) is 5.75 Å². The predicted octanol–water partition coefficient (Wildman–Crippen LogP) is 0.780. The molecule has 3 N–H and O–H groups in total. The molecule has 1 heterocycles. The van der Waals surface area contributed by atoms with Gasteiger partial charge in [0.25, 0.3) is 0 Å². The Morgan fingerprint density at radius 1 is 1.27 bits per heavy atom. The number of aliphatic carboxylic acids is 1. The van der Waals surface area contributed by atoms with E-state index in [1.807, 2.05) is 0 Å². The fourth-order valence-corrected chi connectivity index (χ4v) is 2.01. The highest BCUT2D eigenvalue weighted by Crippen LogP contribution is 2.29. The molecule has 0 saturated carbocycles. The summed E-state index contributed by atoms with van der Waals surface area (Å²) in [5.41, 5.74) is 0.963. The number of carbonyl (C=O) groups is 1. The molecule has 1 saturated heterocycles. The second-order valence-corrected chi connectivity index (χ2v) is 3.80. The Morgan fingerprint density at radius 3 is 2.53 bits per heavy atom. The fraction of sp³-hybridized carbons (Fsp3) is 0.364. The Morgan fingerprint density at radius 2 is 1.93 bits per heavy atom. The van der Waals surface area contributed by atoms with Crippen molar-refractivity contribution in [1.29, 1.82) is 0 Å². The summed E-state index contributed by atoms with van der Waals surface area (Å²) in [4.78, 5) is 11.0. The van der Waals surface area contributed by atoms with Gasteiger partial charge in [0.15, 0.2) is 0 Å². The number of hydrogen-bond donors (Lipinski definition) is 3. The van der Waals surface area contributed by atoms with Crippen LogP contribution in [0.15, 0.2) is 24.3 Å². The Hall–Kier alpha value is -1.55. The van der Waals surface area contributed by atoms with E-state index in [-0.39, 0.29) is 17.6 Å². The number of carboxylic acid groups (broad SMARTS) is 1. The molecule has 4 heteroatoms. The van der Waals surface area contributed by atoms with Crippen molar-refractivity contribution in [2.45, 2.75) is 5.92 Å². The van der Waals surface area contributed by atoms with E-state index in [0.717, 1.165) is 5.56 Å². The molecule has 0 aliphatic carbocycles. The molecule has 0 amide bonds. The third-order valence-corrected chi connectivity index (χ3v) is 2.85. The van der Waals surface area contributed by atoms with Crippen molar-refractivity contribution in [3.63, 3.8) is 0 Å². The molecule has 1 aromatic rings. The molecule has 4 nitrogen and oxygen atoms in total. The molecule has 1 aliphatic heterocycles. The van der Waals surface area contributed by atoms with Crippen LogP contribution in [0.1, 0.15) is 11.5 Å². The molecule has 0 bridgehead atoms. The van der Waals surface area contributed by atoms with Crippen molar-refractivity contribution in [1.82, 2.24) is 5.32 Å². The van der Waals surface area contributed by atoms with Crippen molar-refractivity contribution in [2.24, 2.45) is 5.92 Å². The number of nitrogens with one attached hydrogen (secondary N) is 1. The summed E-state index contributed by atoms with van der Waals surface area (Å²) >= 11 is 0. The van der Waals surface area contributed by atoms with Gasteiger partial charge in [0.1, 0.15) is 5.75 Å². The van der Waals surface area contributed by atoms with Gasteiger partial charge in [0.05, 0.1) is 5.92 Å². The van der Waals surface area contributed by atoms with Crippen LogP contribution in [0.3, 0.4) is 0 Å². The highest BCUT2D eigenvalue weighted by atomic mass is 16.4. The number of aromatic hydroxyl groups is 1. The minimum Gasteiger partial charge on any atom is -0.508 e. The minimum atomic E-state index is -0.766. The number of phenolic OH excluding ortho intramolecular Hbond substituents is 1. The Balaban J connectivity index is 2.22. The molecular formula is C11H13NO3. The normalized spacial score (nSPS) is 25.3. The monoisotopic (exact) mass is 207 g/mol. The van der Waals surface area contributed by atoms with Gasteiger partial charge in [-0.1, -0.05) is 12.1 Å². The molecule has 0 spiro atoms. The first-order valence-electron chi connectivity index (χ1n) is 4.91. The molecule has 15 heavy (non-hydrogen) atoms. The molecule has 0 unspecified atom stereocenters. The van der Waals surface area contributed by atoms with Gasteiger partial charge >= 0.3 is 5.97 Å². The average molecular weight is 207 g/mol. The lowest BCUT2D eigenvalue weighted by molar-refractivity contribution is -0.141. The Bertz CT molecular complexity index is 361. The van der Waals surface area contributed by atoms with E-state index in [4.69, 9.17) is 10.2 Å². The largest absolute Gasteiger partial charge is 0.508 e. The highest BCUT2D eigenvalue weighted by molar-refractivity contribution is 5.72. The van der Waals surface area contributed by atoms with Gasteiger partial charge < -0.3 is 15.5 Å². The van der Waals surface area contributed by atoms with Gasteiger partial charge in [-0.05, 0) is 17.7 Å². The first-order valence-corrected chi connectivity index (χ1v) is 4.91. The summed E-state index contributed by atoms with van der Waals surface area (Å²) in [6, 6.07) is 6.74. The number of benzene rings is 1. The number of carboxylic acids is 1. The maximum atomic E-state index is 11.0. The summed E-state index contributed by atoms with van der Waals surface area (Å²) in [5.74, 6) is -0.924. The van der Waals surface area contributed by atoms with Crippen LogP contribution in [-0.4, -0.2) is 29.3 Å². The first-order chi connectivity index (χ1) is 7.18. The van der Waals surface area contributed by atoms with Crippen molar-refractivity contribution in [3.05, 3.63) is 29.8 Å². The zero-order valence-corrected chi connectivity index (χ0v) is 8.18. The van der Waals surface area contributed by atoms with E-state index in [1.54, 1.807) is 24.3 Å². The van der Waals surface area contributed by atoms with Crippen molar-refractivity contribution < 1.29 is 15.0 Å². The van der Waals surface area contributed by atoms with Gasteiger partial charge in [-0.3, -0.25) is 4.79 Å². The zero-order valence-electron chi connectivity index (χ0n) is 8.18. The zero-order chi connectivity index (χ0) is 10.8. The second-order valence-electron chi connectivity index (χ2n) is 3.80. The minimum absolute atomic E-state index is 0.00287. The van der Waals surface area contributed by atoms with Crippen LogP contribution in [0, 0.1) is 5.92 Å². The van der Waals surface area contributed by atoms with Crippen LogP contribution in [0.25, 0.3) is 0 Å².